The maximum Gasteiger partial charge on any atom is 0.271 e. The van der Waals surface area contributed by atoms with E-state index in [1.165, 1.54) is 25.3 Å². The predicted molar refractivity (Wildman–Crippen MR) is 118 cm³/mol. The van der Waals surface area contributed by atoms with Gasteiger partial charge in [-0.15, -0.1) is 0 Å². The van der Waals surface area contributed by atoms with Gasteiger partial charge in [0.05, 0.1) is 35.4 Å². The molecule has 0 spiro atoms. The third-order valence-corrected chi connectivity index (χ3v) is 4.53. The fourth-order valence-electron chi connectivity index (χ4n) is 2.63. The molecule has 0 aliphatic carbocycles. The molecule has 2 aromatic rings. The second-order valence-electron chi connectivity index (χ2n) is 5.96. The minimum absolute atomic E-state index is 0.0747. The van der Waals surface area contributed by atoms with E-state index in [-0.39, 0.29) is 22.7 Å². The summed E-state index contributed by atoms with van der Waals surface area (Å²) in [6.45, 7) is 4.51. The highest BCUT2D eigenvalue weighted by atomic mass is 79.9. The number of carbonyl (C=O) groups excluding carboxylic acids is 1. The van der Waals surface area contributed by atoms with Gasteiger partial charge in [-0.05, 0) is 59.6 Å². The number of hydrogen-bond acceptors (Lipinski definition) is 7. The van der Waals surface area contributed by atoms with Crippen LogP contribution in [0.3, 0.4) is 0 Å². The van der Waals surface area contributed by atoms with E-state index < -0.39 is 10.8 Å². The van der Waals surface area contributed by atoms with Crippen molar-refractivity contribution in [3.8, 4) is 23.3 Å². The lowest BCUT2D eigenvalue weighted by molar-refractivity contribution is -0.384. The van der Waals surface area contributed by atoms with Crippen molar-refractivity contribution in [1.29, 1.82) is 5.26 Å². The molecule has 0 heterocycles. The molecule has 0 saturated heterocycles. The number of rotatable bonds is 9. The number of amides is 1. The van der Waals surface area contributed by atoms with Gasteiger partial charge in [0.15, 0.2) is 11.5 Å². The molecular formula is C21H20BrN3O6. The highest BCUT2D eigenvalue weighted by Crippen LogP contribution is 2.37. The molecule has 31 heavy (non-hydrogen) atoms. The summed E-state index contributed by atoms with van der Waals surface area (Å²) in [5.74, 6) is 0.455. The van der Waals surface area contributed by atoms with Gasteiger partial charge >= 0.3 is 0 Å². The van der Waals surface area contributed by atoms with Crippen molar-refractivity contribution in [3.63, 3.8) is 0 Å². The molecule has 0 unspecified atom stereocenters. The summed E-state index contributed by atoms with van der Waals surface area (Å²) in [5.41, 5.74) is 0.157. The molecule has 0 bridgehead atoms. The fraction of sp³-hybridized carbons (Fsp3) is 0.238. The number of methoxy groups -OCH3 is 1. The van der Waals surface area contributed by atoms with Gasteiger partial charge < -0.3 is 19.5 Å². The van der Waals surface area contributed by atoms with Crippen LogP contribution in [0.5, 0.6) is 17.2 Å². The molecule has 162 valence electrons. The molecular weight excluding hydrogens is 470 g/mol. The first-order chi connectivity index (χ1) is 14.8. The van der Waals surface area contributed by atoms with Gasteiger partial charge in [0, 0.05) is 12.1 Å². The Labute approximate surface area is 187 Å². The van der Waals surface area contributed by atoms with Crippen LogP contribution in [0.2, 0.25) is 0 Å². The zero-order valence-electron chi connectivity index (χ0n) is 17.1. The molecule has 0 atom stereocenters. The minimum Gasteiger partial charge on any atom is -0.495 e. The van der Waals surface area contributed by atoms with Crippen LogP contribution >= 0.6 is 15.9 Å². The molecule has 2 aromatic carbocycles. The normalized spacial score (nSPS) is 10.7. The molecule has 0 saturated carbocycles. The molecule has 10 heteroatoms. The number of nitriles is 1. The van der Waals surface area contributed by atoms with E-state index in [1.54, 1.807) is 12.1 Å². The average Bonchev–Trinajstić information content (AvgIpc) is 2.74. The van der Waals surface area contributed by atoms with Crippen LogP contribution in [-0.2, 0) is 4.79 Å². The number of benzene rings is 2. The van der Waals surface area contributed by atoms with Crippen molar-refractivity contribution >= 4 is 39.3 Å². The van der Waals surface area contributed by atoms with Gasteiger partial charge in [-0.2, -0.15) is 5.26 Å². The predicted octanol–water partition coefficient (Wildman–Crippen LogP) is 4.71. The van der Waals surface area contributed by atoms with Crippen molar-refractivity contribution in [2.45, 2.75) is 13.8 Å². The number of carbonyl (C=O) groups is 1. The lowest BCUT2D eigenvalue weighted by Gasteiger charge is -2.14. The Bertz CT molecular complexity index is 1060. The number of nitro groups is 1. The van der Waals surface area contributed by atoms with Crippen LogP contribution in [0.1, 0.15) is 19.4 Å². The average molecular weight is 490 g/mol. The number of ether oxygens (including phenoxy) is 3. The van der Waals surface area contributed by atoms with Crippen molar-refractivity contribution in [2.75, 3.05) is 25.6 Å². The molecule has 1 N–H and O–H groups in total. The third kappa shape index (κ3) is 5.96. The first-order valence-corrected chi connectivity index (χ1v) is 9.98. The van der Waals surface area contributed by atoms with Crippen molar-refractivity contribution in [1.82, 2.24) is 0 Å². The highest BCUT2D eigenvalue weighted by molar-refractivity contribution is 9.10. The molecule has 2 rings (SSSR count). The van der Waals surface area contributed by atoms with E-state index in [0.717, 1.165) is 6.07 Å². The van der Waals surface area contributed by atoms with Crippen LogP contribution < -0.4 is 19.5 Å². The van der Waals surface area contributed by atoms with Crippen LogP contribution in [0.4, 0.5) is 11.4 Å². The standard InChI is InChI=1S/C21H20BrN3O6/c1-4-30-19-10-13(9-16(22)20(19)31-5-2)8-14(12-23)21(26)24-17-11-15(25(27)28)6-7-18(17)29-3/h6-11H,4-5H2,1-3H3,(H,24,26)/b14-8+. The van der Waals surface area contributed by atoms with Crippen LogP contribution in [0.25, 0.3) is 6.08 Å². The lowest BCUT2D eigenvalue weighted by atomic mass is 10.1. The van der Waals surface area contributed by atoms with E-state index >= 15 is 0 Å². The summed E-state index contributed by atoms with van der Waals surface area (Å²) < 4.78 is 16.9. The summed E-state index contributed by atoms with van der Waals surface area (Å²) in [5, 5.41) is 23.0. The Kier molecular flexibility index (Phi) is 8.40. The Morgan fingerprint density at radius 1 is 1.23 bits per heavy atom. The van der Waals surface area contributed by atoms with E-state index in [1.807, 2.05) is 19.9 Å². The quantitative estimate of drug-likeness (QED) is 0.234. The van der Waals surface area contributed by atoms with Gasteiger partial charge in [0.1, 0.15) is 17.4 Å². The molecule has 0 aliphatic rings. The van der Waals surface area contributed by atoms with E-state index in [9.17, 15) is 20.2 Å². The largest absolute Gasteiger partial charge is 0.495 e. The number of hydrogen-bond donors (Lipinski definition) is 1. The summed E-state index contributed by atoms with van der Waals surface area (Å²) in [4.78, 5) is 23.1. The molecule has 1 amide bonds. The smallest absolute Gasteiger partial charge is 0.271 e. The Morgan fingerprint density at radius 2 is 1.94 bits per heavy atom. The number of anilines is 1. The summed E-state index contributed by atoms with van der Waals surface area (Å²) in [6.07, 6.45) is 1.38. The summed E-state index contributed by atoms with van der Waals surface area (Å²) in [6, 6.07) is 8.95. The Balaban J connectivity index is 2.40. The maximum atomic E-state index is 12.7. The first kappa shape index (κ1) is 23.7. The maximum absolute atomic E-state index is 12.7. The topological polar surface area (TPSA) is 124 Å². The zero-order valence-corrected chi connectivity index (χ0v) is 18.7. The van der Waals surface area contributed by atoms with Crippen molar-refractivity contribution in [2.24, 2.45) is 0 Å². The van der Waals surface area contributed by atoms with Crippen LogP contribution in [0.15, 0.2) is 40.4 Å². The zero-order chi connectivity index (χ0) is 23.0. The minimum atomic E-state index is -0.746. The number of nitrogens with one attached hydrogen (secondary N) is 1. The molecule has 0 fully saturated rings. The number of nitrogens with zero attached hydrogens (tertiary/aromatic N) is 2. The number of nitro benzene ring substituents is 1. The van der Waals surface area contributed by atoms with Crippen molar-refractivity contribution < 1.29 is 23.9 Å². The Morgan fingerprint density at radius 3 is 2.52 bits per heavy atom. The highest BCUT2D eigenvalue weighted by Gasteiger charge is 2.17. The molecule has 0 aliphatic heterocycles. The van der Waals surface area contributed by atoms with Gasteiger partial charge in [-0.25, -0.2) is 0 Å². The van der Waals surface area contributed by atoms with Gasteiger partial charge in [0.25, 0.3) is 11.6 Å². The SMILES string of the molecule is CCOc1cc(/C=C(\C#N)C(=O)Nc2cc([N+](=O)[O-])ccc2OC)cc(Br)c1OCC. The third-order valence-electron chi connectivity index (χ3n) is 3.94. The van der Waals surface area contributed by atoms with E-state index in [0.29, 0.717) is 34.7 Å². The summed E-state index contributed by atoms with van der Waals surface area (Å²) >= 11 is 3.41. The second kappa shape index (κ2) is 11.0. The fourth-order valence-corrected chi connectivity index (χ4v) is 3.20. The molecule has 0 aromatic heterocycles. The van der Waals surface area contributed by atoms with Gasteiger partial charge in [-0.3, -0.25) is 14.9 Å². The van der Waals surface area contributed by atoms with Crippen molar-refractivity contribution in [3.05, 3.63) is 56.1 Å². The summed E-state index contributed by atoms with van der Waals surface area (Å²) in [7, 11) is 1.37. The molecule has 0 radical (unpaired) electrons. The molecule has 9 nitrogen and oxygen atoms in total. The Hall–Kier alpha value is -3.58. The van der Waals surface area contributed by atoms with Crippen LogP contribution in [-0.4, -0.2) is 31.2 Å². The monoisotopic (exact) mass is 489 g/mol. The second-order valence-corrected chi connectivity index (χ2v) is 6.82. The van der Waals surface area contributed by atoms with Crippen LogP contribution in [0, 0.1) is 21.4 Å². The van der Waals surface area contributed by atoms with E-state index in [4.69, 9.17) is 14.2 Å². The van der Waals surface area contributed by atoms with Gasteiger partial charge in [-0.1, -0.05) is 0 Å². The lowest BCUT2D eigenvalue weighted by Crippen LogP contribution is -2.14. The number of non-ortho nitro benzene ring substituents is 1. The van der Waals surface area contributed by atoms with Gasteiger partial charge in [0.2, 0.25) is 0 Å². The number of halogens is 1. The van der Waals surface area contributed by atoms with E-state index in [2.05, 4.69) is 21.2 Å². The first-order valence-electron chi connectivity index (χ1n) is 9.19.